The number of benzene rings is 1. The molecule has 4 heteroatoms. The molecule has 1 unspecified atom stereocenters. The number of methoxy groups -OCH3 is 2. The molecule has 0 spiro atoms. The predicted molar refractivity (Wildman–Crippen MR) is 86.2 cm³/mol. The molecular formula is C17H28N2O2. The summed E-state index contributed by atoms with van der Waals surface area (Å²) in [5, 5.41) is 3.42. The lowest BCUT2D eigenvalue weighted by Gasteiger charge is -2.29. The van der Waals surface area contributed by atoms with Crippen LogP contribution in [0.1, 0.15) is 37.3 Å². The SMILES string of the molecule is CNC(CN(C)C1CCCC1)c1cc(OC)ccc1OC. The van der Waals surface area contributed by atoms with Crippen LogP contribution in [0.4, 0.5) is 0 Å². The lowest BCUT2D eigenvalue weighted by atomic mass is 10.0. The van der Waals surface area contributed by atoms with Crippen LogP contribution in [-0.2, 0) is 0 Å². The first-order valence-electron chi connectivity index (χ1n) is 7.79. The second-order valence-corrected chi connectivity index (χ2v) is 5.83. The highest BCUT2D eigenvalue weighted by molar-refractivity contribution is 5.42. The van der Waals surface area contributed by atoms with Crippen LogP contribution in [0.3, 0.4) is 0 Å². The van der Waals surface area contributed by atoms with E-state index in [-0.39, 0.29) is 6.04 Å². The van der Waals surface area contributed by atoms with Crippen LogP contribution < -0.4 is 14.8 Å². The molecule has 1 aliphatic carbocycles. The summed E-state index contributed by atoms with van der Waals surface area (Å²) in [6.45, 7) is 0.977. The summed E-state index contributed by atoms with van der Waals surface area (Å²) in [5.41, 5.74) is 1.16. The average Bonchev–Trinajstić information content (AvgIpc) is 3.06. The summed E-state index contributed by atoms with van der Waals surface area (Å²) >= 11 is 0. The smallest absolute Gasteiger partial charge is 0.123 e. The molecule has 0 heterocycles. The van der Waals surface area contributed by atoms with Crippen molar-refractivity contribution in [1.82, 2.24) is 10.2 Å². The van der Waals surface area contributed by atoms with Gasteiger partial charge in [0.05, 0.1) is 14.2 Å². The quantitative estimate of drug-likeness (QED) is 0.838. The van der Waals surface area contributed by atoms with Gasteiger partial charge in [-0.25, -0.2) is 0 Å². The molecule has 21 heavy (non-hydrogen) atoms. The van der Waals surface area contributed by atoms with E-state index in [2.05, 4.69) is 23.3 Å². The van der Waals surface area contributed by atoms with E-state index in [0.29, 0.717) is 0 Å². The van der Waals surface area contributed by atoms with Gasteiger partial charge in [0.15, 0.2) is 0 Å². The summed E-state index contributed by atoms with van der Waals surface area (Å²) in [5.74, 6) is 1.78. The number of hydrogen-bond acceptors (Lipinski definition) is 4. The largest absolute Gasteiger partial charge is 0.497 e. The second-order valence-electron chi connectivity index (χ2n) is 5.83. The molecule has 0 radical (unpaired) electrons. The minimum Gasteiger partial charge on any atom is -0.497 e. The van der Waals surface area contributed by atoms with Crippen LogP contribution in [0.2, 0.25) is 0 Å². The van der Waals surface area contributed by atoms with Gasteiger partial charge >= 0.3 is 0 Å². The van der Waals surface area contributed by atoms with Gasteiger partial charge in [0.1, 0.15) is 11.5 Å². The van der Waals surface area contributed by atoms with Gasteiger partial charge in [-0.15, -0.1) is 0 Å². The highest BCUT2D eigenvalue weighted by Gasteiger charge is 2.23. The van der Waals surface area contributed by atoms with Gasteiger partial charge in [-0.05, 0) is 45.1 Å². The van der Waals surface area contributed by atoms with Gasteiger partial charge in [0.2, 0.25) is 0 Å². The Morgan fingerprint density at radius 2 is 1.95 bits per heavy atom. The highest BCUT2D eigenvalue weighted by Crippen LogP contribution is 2.31. The summed E-state index contributed by atoms with van der Waals surface area (Å²) in [7, 11) is 7.66. The van der Waals surface area contributed by atoms with Gasteiger partial charge < -0.3 is 19.7 Å². The van der Waals surface area contributed by atoms with Crippen LogP contribution in [-0.4, -0.2) is 45.8 Å². The van der Waals surface area contributed by atoms with E-state index in [0.717, 1.165) is 29.6 Å². The third-order valence-electron chi connectivity index (χ3n) is 4.58. The molecule has 2 rings (SSSR count). The Bertz CT molecular complexity index is 444. The molecule has 1 aromatic carbocycles. The Labute approximate surface area is 128 Å². The highest BCUT2D eigenvalue weighted by atomic mass is 16.5. The van der Waals surface area contributed by atoms with Crippen LogP contribution in [0.15, 0.2) is 18.2 Å². The van der Waals surface area contributed by atoms with Crippen molar-refractivity contribution in [2.24, 2.45) is 0 Å². The van der Waals surface area contributed by atoms with Crippen LogP contribution in [0.25, 0.3) is 0 Å². The molecule has 1 N–H and O–H groups in total. The Morgan fingerprint density at radius 3 is 2.52 bits per heavy atom. The summed E-state index contributed by atoms with van der Waals surface area (Å²) in [4.78, 5) is 2.48. The number of nitrogens with zero attached hydrogens (tertiary/aromatic N) is 1. The summed E-state index contributed by atoms with van der Waals surface area (Å²) in [6, 6.07) is 6.95. The van der Waals surface area contributed by atoms with Gasteiger partial charge in [-0.3, -0.25) is 0 Å². The predicted octanol–water partition coefficient (Wildman–Crippen LogP) is 2.84. The monoisotopic (exact) mass is 292 g/mol. The maximum atomic E-state index is 5.52. The van der Waals surface area contributed by atoms with Crippen LogP contribution >= 0.6 is 0 Å². The molecule has 1 atom stereocenters. The minimum absolute atomic E-state index is 0.237. The molecular weight excluding hydrogens is 264 g/mol. The lowest BCUT2D eigenvalue weighted by Crippen LogP contribution is -2.37. The number of rotatable bonds is 7. The first-order valence-corrected chi connectivity index (χ1v) is 7.79. The fourth-order valence-corrected chi connectivity index (χ4v) is 3.24. The van der Waals surface area contributed by atoms with E-state index in [9.17, 15) is 0 Å². The number of nitrogens with one attached hydrogen (secondary N) is 1. The van der Waals surface area contributed by atoms with E-state index in [4.69, 9.17) is 9.47 Å². The zero-order chi connectivity index (χ0) is 15.2. The first kappa shape index (κ1) is 16.1. The van der Waals surface area contributed by atoms with Crippen molar-refractivity contribution in [2.45, 2.75) is 37.8 Å². The Hall–Kier alpha value is -1.26. The summed E-state index contributed by atoms with van der Waals surface area (Å²) in [6.07, 6.45) is 5.37. The molecule has 0 aliphatic heterocycles. The van der Waals surface area contributed by atoms with E-state index in [1.165, 1.54) is 25.7 Å². The summed E-state index contributed by atoms with van der Waals surface area (Å²) < 4.78 is 10.9. The molecule has 118 valence electrons. The van der Waals surface area contributed by atoms with Crippen LogP contribution in [0, 0.1) is 0 Å². The molecule has 1 fully saturated rings. The third kappa shape index (κ3) is 3.89. The average molecular weight is 292 g/mol. The van der Waals surface area contributed by atoms with Gasteiger partial charge in [0, 0.05) is 24.2 Å². The second kappa shape index (κ2) is 7.66. The molecule has 1 aliphatic rings. The van der Waals surface area contributed by atoms with Crippen molar-refractivity contribution in [3.63, 3.8) is 0 Å². The van der Waals surface area contributed by atoms with Crippen molar-refractivity contribution in [2.75, 3.05) is 34.9 Å². The molecule has 4 nitrogen and oxygen atoms in total. The zero-order valence-corrected chi connectivity index (χ0v) is 13.7. The fourth-order valence-electron chi connectivity index (χ4n) is 3.24. The van der Waals surface area contributed by atoms with E-state index >= 15 is 0 Å². The van der Waals surface area contributed by atoms with Crippen molar-refractivity contribution >= 4 is 0 Å². The molecule has 0 saturated heterocycles. The number of hydrogen-bond donors (Lipinski definition) is 1. The topological polar surface area (TPSA) is 33.7 Å². The van der Waals surface area contributed by atoms with Gasteiger partial charge in [-0.1, -0.05) is 12.8 Å². The normalized spacial score (nSPS) is 17.2. The van der Waals surface area contributed by atoms with Gasteiger partial charge in [0.25, 0.3) is 0 Å². The Kier molecular flexibility index (Phi) is 5.88. The number of likely N-dealkylation sites (N-methyl/N-ethyl adjacent to an activating group) is 2. The Balaban J connectivity index is 2.15. The third-order valence-corrected chi connectivity index (χ3v) is 4.58. The molecule has 1 saturated carbocycles. The Morgan fingerprint density at radius 1 is 1.24 bits per heavy atom. The van der Waals surface area contributed by atoms with Crippen LogP contribution in [0.5, 0.6) is 11.5 Å². The van der Waals surface area contributed by atoms with E-state index < -0.39 is 0 Å². The van der Waals surface area contributed by atoms with E-state index in [1.54, 1.807) is 14.2 Å². The number of ether oxygens (including phenoxy) is 2. The van der Waals surface area contributed by atoms with E-state index in [1.807, 2.05) is 19.2 Å². The minimum atomic E-state index is 0.237. The first-order chi connectivity index (χ1) is 10.2. The lowest BCUT2D eigenvalue weighted by molar-refractivity contribution is 0.220. The van der Waals surface area contributed by atoms with Crippen molar-refractivity contribution in [1.29, 1.82) is 0 Å². The molecule has 0 amide bonds. The van der Waals surface area contributed by atoms with Crippen molar-refractivity contribution in [3.8, 4) is 11.5 Å². The van der Waals surface area contributed by atoms with Crippen molar-refractivity contribution in [3.05, 3.63) is 23.8 Å². The molecule has 0 aromatic heterocycles. The van der Waals surface area contributed by atoms with Crippen molar-refractivity contribution < 1.29 is 9.47 Å². The zero-order valence-electron chi connectivity index (χ0n) is 13.7. The molecule has 0 bridgehead atoms. The maximum absolute atomic E-state index is 5.52. The standard InChI is InChI=1S/C17H28N2O2/c1-18-16(12-19(2)13-7-5-6-8-13)15-11-14(20-3)9-10-17(15)21-4/h9-11,13,16,18H,5-8,12H2,1-4H3. The molecule has 1 aromatic rings. The van der Waals surface area contributed by atoms with Gasteiger partial charge in [-0.2, -0.15) is 0 Å². The fraction of sp³-hybridized carbons (Fsp3) is 0.647. The maximum Gasteiger partial charge on any atom is 0.123 e.